The molecule has 0 bridgehead atoms. The highest BCUT2D eigenvalue weighted by molar-refractivity contribution is 7.85. The average Bonchev–Trinajstić information content (AvgIpc) is 2.24. The molecule has 1 unspecified atom stereocenters. The Morgan fingerprint density at radius 1 is 1.41 bits per heavy atom. The topological polar surface area (TPSA) is 92.7 Å². The number of nitrogens with one attached hydrogen (secondary N) is 1. The summed E-state index contributed by atoms with van der Waals surface area (Å²) in [5, 5.41) is 10.9. The SMILES string of the molecule is CS(=O)(=O)OCC(NC(=O)O)c1ccccc1. The molecule has 17 heavy (non-hydrogen) atoms. The summed E-state index contributed by atoms with van der Waals surface area (Å²) < 4.78 is 26.3. The first-order chi connectivity index (χ1) is 7.88. The van der Waals surface area contributed by atoms with E-state index in [2.05, 4.69) is 9.50 Å². The molecule has 0 aromatic heterocycles. The number of amides is 1. The first-order valence-corrected chi connectivity index (χ1v) is 6.59. The van der Waals surface area contributed by atoms with Crippen LogP contribution in [0.25, 0.3) is 0 Å². The molecule has 0 saturated carbocycles. The molecule has 0 fully saturated rings. The van der Waals surface area contributed by atoms with Crippen LogP contribution in [0, 0.1) is 0 Å². The molecule has 1 aromatic carbocycles. The highest BCUT2D eigenvalue weighted by Crippen LogP contribution is 2.13. The second-order valence-corrected chi connectivity index (χ2v) is 5.05. The number of hydrogen-bond acceptors (Lipinski definition) is 4. The van der Waals surface area contributed by atoms with E-state index in [1.54, 1.807) is 30.3 Å². The summed E-state index contributed by atoms with van der Waals surface area (Å²) in [6, 6.07) is 7.89. The molecule has 1 amide bonds. The summed E-state index contributed by atoms with van der Waals surface area (Å²) in [6.45, 7) is -0.269. The third kappa shape index (κ3) is 5.32. The molecule has 7 heteroatoms. The maximum atomic E-state index is 10.9. The highest BCUT2D eigenvalue weighted by Gasteiger charge is 2.16. The fourth-order valence-electron chi connectivity index (χ4n) is 1.25. The molecule has 6 nitrogen and oxygen atoms in total. The van der Waals surface area contributed by atoms with Crippen molar-refractivity contribution in [3.05, 3.63) is 35.9 Å². The van der Waals surface area contributed by atoms with Gasteiger partial charge in [-0.25, -0.2) is 4.79 Å². The second kappa shape index (κ2) is 5.65. The van der Waals surface area contributed by atoms with Crippen molar-refractivity contribution >= 4 is 16.2 Å². The fraction of sp³-hybridized carbons (Fsp3) is 0.300. The van der Waals surface area contributed by atoms with Crippen LogP contribution in [0.1, 0.15) is 11.6 Å². The van der Waals surface area contributed by atoms with Crippen LogP contribution in [0.2, 0.25) is 0 Å². The van der Waals surface area contributed by atoms with Crippen molar-refractivity contribution in [3.8, 4) is 0 Å². The van der Waals surface area contributed by atoms with E-state index in [9.17, 15) is 13.2 Å². The lowest BCUT2D eigenvalue weighted by Gasteiger charge is -2.16. The van der Waals surface area contributed by atoms with Crippen LogP contribution in [0.3, 0.4) is 0 Å². The summed E-state index contributed by atoms with van der Waals surface area (Å²) in [4.78, 5) is 10.6. The zero-order chi connectivity index (χ0) is 12.9. The van der Waals surface area contributed by atoms with Crippen molar-refractivity contribution in [2.24, 2.45) is 0 Å². The zero-order valence-electron chi connectivity index (χ0n) is 9.16. The van der Waals surface area contributed by atoms with Gasteiger partial charge in [0.2, 0.25) is 0 Å². The van der Waals surface area contributed by atoms with Gasteiger partial charge < -0.3 is 10.4 Å². The van der Waals surface area contributed by atoms with Crippen LogP contribution in [-0.4, -0.2) is 32.5 Å². The summed E-state index contributed by atoms with van der Waals surface area (Å²) >= 11 is 0. The Kier molecular flexibility index (Phi) is 4.47. The number of rotatable bonds is 5. The Bertz CT molecular complexity index is 471. The van der Waals surface area contributed by atoms with Gasteiger partial charge in [0.05, 0.1) is 18.9 Å². The van der Waals surface area contributed by atoms with Gasteiger partial charge in [-0.15, -0.1) is 0 Å². The molecular formula is C10H13NO5S. The lowest BCUT2D eigenvalue weighted by atomic mass is 10.1. The second-order valence-electron chi connectivity index (χ2n) is 3.40. The standard InChI is InChI=1S/C10H13NO5S/c1-17(14,15)16-7-9(11-10(12)13)8-5-3-2-4-6-8/h2-6,9,11H,7H2,1H3,(H,12,13). The van der Waals surface area contributed by atoms with Crippen molar-refractivity contribution in [2.75, 3.05) is 12.9 Å². The summed E-state index contributed by atoms with van der Waals surface area (Å²) in [7, 11) is -3.60. The first-order valence-electron chi connectivity index (χ1n) is 4.77. The van der Waals surface area contributed by atoms with E-state index >= 15 is 0 Å². The predicted octanol–water partition coefficient (Wildman–Crippen LogP) is 0.971. The average molecular weight is 259 g/mol. The lowest BCUT2D eigenvalue weighted by molar-refractivity contribution is 0.182. The molecule has 94 valence electrons. The van der Waals surface area contributed by atoms with Crippen LogP contribution >= 0.6 is 0 Å². The van der Waals surface area contributed by atoms with Crippen molar-refractivity contribution < 1.29 is 22.5 Å². The zero-order valence-corrected chi connectivity index (χ0v) is 9.98. The minimum absolute atomic E-state index is 0.269. The quantitative estimate of drug-likeness (QED) is 0.769. The molecule has 1 rings (SSSR count). The van der Waals surface area contributed by atoms with Crippen LogP contribution < -0.4 is 5.32 Å². The smallest absolute Gasteiger partial charge is 0.405 e. The molecule has 0 heterocycles. The van der Waals surface area contributed by atoms with E-state index in [1.807, 2.05) is 0 Å². The van der Waals surface area contributed by atoms with Gasteiger partial charge in [-0.2, -0.15) is 8.42 Å². The number of benzene rings is 1. The normalized spacial score (nSPS) is 13.0. The van der Waals surface area contributed by atoms with Gasteiger partial charge in [0.1, 0.15) is 0 Å². The molecule has 0 spiro atoms. The maximum Gasteiger partial charge on any atom is 0.405 e. The Morgan fingerprint density at radius 2 is 2.00 bits per heavy atom. The van der Waals surface area contributed by atoms with E-state index < -0.39 is 22.3 Å². The van der Waals surface area contributed by atoms with Gasteiger partial charge in [0.25, 0.3) is 10.1 Å². The number of hydrogen-bond donors (Lipinski definition) is 2. The molecule has 1 aromatic rings. The molecule has 0 aliphatic carbocycles. The summed E-state index contributed by atoms with van der Waals surface area (Å²) in [5.41, 5.74) is 0.638. The summed E-state index contributed by atoms with van der Waals surface area (Å²) in [6.07, 6.45) is -0.327. The Morgan fingerprint density at radius 3 is 2.47 bits per heavy atom. The predicted molar refractivity (Wildman–Crippen MR) is 61.1 cm³/mol. The molecule has 0 aliphatic rings. The lowest BCUT2D eigenvalue weighted by Crippen LogP contribution is -2.30. The van der Waals surface area contributed by atoms with Gasteiger partial charge in [0.15, 0.2) is 0 Å². The molecule has 2 N–H and O–H groups in total. The van der Waals surface area contributed by atoms with Gasteiger partial charge in [-0.3, -0.25) is 4.18 Å². The van der Waals surface area contributed by atoms with Gasteiger partial charge in [-0.05, 0) is 5.56 Å². The van der Waals surface area contributed by atoms with Gasteiger partial charge >= 0.3 is 6.09 Å². The molecular weight excluding hydrogens is 246 g/mol. The molecule has 0 radical (unpaired) electrons. The number of carboxylic acid groups (broad SMARTS) is 1. The van der Waals surface area contributed by atoms with E-state index in [0.29, 0.717) is 5.56 Å². The van der Waals surface area contributed by atoms with E-state index in [4.69, 9.17) is 5.11 Å². The van der Waals surface area contributed by atoms with Crippen LogP contribution in [0.4, 0.5) is 4.79 Å². The van der Waals surface area contributed by atoms with Gasteiger partial charge in [0, 0.05) is 0 Å². The maximum absolute atomic E-state index is 10.9. The Labute approximate surface area is 99.3 Å². The molecule has 0 saturated heterocycles. The van der Waals surface area contributed by atoms with Crippen LogP contribution in [-0.2, 0) is 14.3 Å². The Balaban J connectivity index is 2.78. The van der Waals surface area contributed by atoms with Crippen molar-refractivity contribution in [3.63, 3.8) is 0 Å². The van der Waals surface area contributed by atoms with Crippen molar-refractivity contribution in [2.45, 2.75) is 6.04 Å². The van der Waals surface area contributed by atoms with Crippen molar-refractivity contribution in [1.29, 1.82) is 0 Å². The molecule has 0 aliphatic heterocycles. The molecule has 1 atom stereocenters. The largest absolute Gasteiger partial charge is 0.465 e. The fourth-order valence-corrected chi connectivity index (χ4v) is 1.63. The third-order valence-electron chi connectivity index (χ3n) is 1.95. The highest BCUT2D eigenvalue weighted by atomic mass is 32.2. The van der Waals surface area contributed by atoms with Crippen LogP contribution in [0.5, 0.6) is 0 Å². The summed E-state index contributed by atoms with van der Waals surface area (Å²) in [5.74, 6) is 0. The first kappa shape index (κ1) is 13.5. The monoisotopic (exact) mass is 259 g/mol. The van der Waals surface area contributed by atoms with E-state index in [-0.39, 0.29) is 6.61 Å². The van der Waals surface area contributed by atoms with Crippen molar-refractivity contribution in [1.82, 2.24) is 5.32 Å². The van der Waals surface area contributed by atoms with E-state index in [1.165, 1.54) is 0 Å². The van der Waals surface area contributed by atoms with E-state index in [0.717, 1.165) is 6.26 Å². The third-order valence-corrected chi connectivity index (χ3v) is 2.51. The minimum Gasteiger partial charge on any atom is -0.465 e. The Hall–Kier alpha value is -1.60. The minimum atomic E-state index is -3.60. The number of carbonyl (C=O) groups is 1. The van der Waals surface area contributed by atoms with Crippen LogP contribution in [0.15, 0.2) is 30.3 Å². The van der Waals surface area contributed by atoms with Gasteiger partial charge in [-0.1, -0.05) is 30.3 Å².